The number of benzene rings is 1. The van der Waals surface area contributed by atoms with Crippen molar-refractivity contribution in [2.45, 2.75) is 19.8 Å². The van der Waals surface area contributed by atoms with Crippen LogP contribution in [0.3, 0.4) is 0 Å². The molecule has 1 aliphatic carbocycles. The van der Waals surface area contributed by atoms with Crippen molar-refractivity contribution in [1.29, 1.82) is 0 Å². The van der Waals surface area contributed by atoms with Gasteiger partial charge in [0, 0.05) is 0 Å². The van der Waals surface area contributed by atoms with Crippen LogP contribution < -0.4 is 5.73 Å². The molecule has 1 fully saturated rings. The molecule has 3 heteroatoms. The lowest BCUT2D eigenvalue weighted by Crippen LogP contribution is -2.05. The Morgan fingerprint density at radius 1 is 1.47 bits per heavy atom. The monoisotopic (exact) mass is 271 g/mol. The molecule has 1 aliphatic rings. The van der Waals surface area contributed by atoms with Gasteiger partial charge in [-0.05, 0) is 51.4 Å². The lowest BCUT2D eigenvalue weighted by Gasteiger charge is -2.06. The Hall–Kier alpha value is -0.410. The third-order valence-corrected chi connectivity index (χ3v) is 4.46. The van der Waals surface area contributed by atoms with Crippen LogP contribution in [0.5, 0.6) is 0 Å². The summed E-state index contributed by atoms with van der Waals surface area (Å²) in [5, 5.41) is 0. The molecule has 1 nitrogen and oxygen atoms in total. The molecule has 1 aromatic rings. The third-order valence-electron chi connectivity index (χ3n) is 3.62. The maximum absolute atomic E-state index is 13.4. The van der Waals surface area contributed by atoms with E-state index in [1.807, 2.05) is 6.07 Å². The van der Waals surface area contributed by atoms with Crippen LogP contribution in [0.15, 0.2) is 22.7 Å². The van der Waals surface area contributed by atoms with Crippen molar-refractivity contribution >= 4 is 15.9 Å². The van der Waals surface area contributed by atoms with Crippen molar-refractivity contribution in [1.82, 2.24) is 0 Å². The number of hydrogen-bond acceptors (Lipinski definition) is 1. The molecule has 1 saturated carbocycles. The van der Waals surface area contributed by atoms with Gasteiger partial charge in [-0.2, -0.15) is 0 Å². The SMILES string of the molecule is CC1(C)[C@H](CN)[C@H]1c1cccc(F)c1Br. The summed E-state index contributed by atoms with van der Waals surface area (Å²) in [6.07, 6.45) is 0. The van der Waals surface area contributed by atoms with Gasteiger partial charge in [0.15, 0.2) is 0 Å². The van der Waals surface area contributed by atoms with Gasteiger partial charge < -0.3 is 5.73 Å². The molecule has 0 amide bonds. The van der Waals surface area contributed by atoms with Gasteiger partial charge in [0.1, 0.15) is 5.82 Å². The summed E-state index contributed by atoms with van der Waals surface area (Å²) in [6.45, 7) is 5.04. The lowest BCUT2D eigenvalue weighted by atomic mass is 10.0. The molecule has 15 heavy (non-hydrogen) atoms. The summed E-state index contributed by atoms with van der Waals surface area (Å²) >= 11 is 3.31. The normalized spacial score (nSPS) is 27.8. The van der Waals surface area contributed by atoms with Crippen molar-refractivity contribution in [3.8, 4) is 0 Å². The van der Waals surface area contributed by atoms with E-state index in [4.69, 9.17) is 5.73 Å². The molecule has 0 heterocycles. The second-order valence-electron chi connectivity index (χ2n) is 4.78. The largest absolute Gasteiger partial charge is 0.330 e. The summed E-state index contributed by atoms with van der Waals surface area (Å²) in [7, 11) is 0. The van der Waals surface area contributed by atoms with Crippen LogP contribution in [0.25, 0.3) is 0 Å². The summed E-state index contributed by atoms with van der Waals surface area (Å²) < 4.78 is 14.0. The molecule has 0 radical (unpaired) electrons. The molecule has 2 N–H and O–H groups in total. The number of hydrogen-bond donors (Lipinski definition) is 1. The first-order chi connectivity index (χ1) is 7.00. The number of halogens is 2. The fourth-order valence-electron chi connectivity index (χ4n) is 2.56. The average molecular weight is 272 g/mol. The molecule has 82 valence electrons. The molecular formula is C12H15BrFN. The molecule has 0 aliphatic heterocycles. The Bertz CT molecular complexity index is 389. The smallest absolute Gasteiger partial charge is 0.137 e. The summed E-state index contributed by atoms with van der Waals surface area (Å²) in [5.41, 5.74) is 6.97. The van der Waals surface area contributed by atoms with Crippen LogP contribution in [0.1, 0.15) is 25.3 Å². The molecule has 0 unspecified atom stereocenters. The minimum absolute atomic E-state index is 0.189. The quantitative estimate of drug-likeness (QED) is 0.878. The van der Waals surface area contributed by atoms with Gasteiger partial charge in [0.2, 0.25) is 0 Å². The number of rotatable bonds is 2. The van der Waals surface area contributed by atoms with Crippen molar-refractivity contribution in [2.24, 2.45) is 17.1 Å². The second kappa shape index (κ2) is 3.56. The zero-order valence-electron chi connectivity index (χ0n) is 8.93. The van der Waals surface area contributed by atoms with Gasteiger partial charge in [-0.25, -0.2) is 4.39 Å². The first kappa shape index (κ1) is 11.1. The van der Waals surface area contributed by atoms with E-state index in [1.54, 1.807) is 6.07 Å². The van der Waals surface area contributed by atoms with E-state index in [2.05, 4.69) is 29.8 Å². The zero-order valence-corrected chi connectivity index (χ0v) is 10.5. The van der Waals surface area contributed by atoms with E-state index in [1.165, 1.54) is 6.07 Å². The van der Waals surface area contributed by atoms with Crippen molar-refractivity contribution < 1.29 is 4.39 Å². The fraction of sp³-hybridized carbons (Fsp3) is 0.500. The average Bonchev–Trinajstić information content (AvgIpc) is 2.73. The third kappa shape index (κ3) is 1.62. The Balaban J connectivity index is 2.37. The van der Waals surface area contributed by atoms with Crippen LogP contribution in [0, 0.1) is 17.2 Å². The van der Waals surface area contributed by atoms with E-state index in [0.717, 1.165) is 5.56 Å². The highest BCUT2D eigenvalue weighted by Crippen LogP contribution is 2.64. The van der Waals surface area contributed by atoms with E-state index in [-0.39, 0.29) is 11.2 Å². The van der Waals surface area contributed by atoms with Crippen LogP contribution in [-0.2, 0) is 0 Å². The van der Waals surface area contributed by atoms with Crippen molar-refractivity contribution in [3.05, 3.63) is 34.1 Å². The molecule has 0 aromatic heterocycles. The highest BCUT2D eigenvalue weighted by molar-refractivity contribution is 9.10. The van der Waals surface area contributed by atoms with Crippen LogP contribution in [0.4, 0.5) is 4.39 Å². The Labute approximate surface area is 98.0 Å². The molecule has 0 spiro atoms. The van der Waals surface area contributed by atoms with Gasteiger partial charge in [-0.3, -0.25) is 0 Å². The van der Waals surface area contributed by atoms with E-state index in [9.17, 15) is 4.39 Å². The Morgan fingerprint density at radius 3 is 2.67 bits per heavy atom. The minimum atomic E-state index is -0.189. The van der Waals surface area contributed by atoms with Gasteiger partial charge in [-0.15, -0.1) is 0 Å². The van der Waals surface area contributed by atoms with Gasteiger partial charge in [-0.1, -0.05) is 26.0 Å². The highest BCUT2D eigenvalue weighted by Gasteiger charge is 2.57. The molecule has 2 atom stereocenters. The first-order valence-electron chi connectivity index (χ1n) is 5.14. The second-order valence-corrected chi connectivity index (χ2v) is 5.58. The first-order valence-corrected chi connectivity index (χ1v) is 5.93. The molecule has 2 rings (SSSR count). The predicted molar refractivity (Wildman–Crippen MR) is 63.2 cm³/mol. The molecular weight excluding hydrogens is 257 g/mol. The maximum Gasteiger partial charge on any atom is 0.137 e. The maximum atomic E-state index is 13.4. The molecule has 1 aromatic carbocycles. The van der Waals surface area contributed by atoms with Crippen molar-refractivity contribution in [2.75, 3.05) is 6.54 Å². The number of nitrogens with two attached hydrogens (primary N) is 1. The topological polar surface area (TPSA) is 26.0 Å². The fourth-order valence-corrected chi connectivity index (χ4v) is 3.07. The Kier molecular flexibility index (Phi) is 2.63. The van der Waals surface area contributed by atoms with Crippen LogP contribution in [-0.4, -0.2) is 6.54 Å². The summed E-state index contributed by atoms with van der Waals surface area (Å²) in [5.74, 6) is 0.661. The van der Waals surface area contributed by atoms with E-state index in [0.29, 0.717) is 22.9 Å². The molecule has 0 bridgehead atoms. The van der Waals surface area contributed by atoms with E-state index >= 15 is 0 Å². The van der Waals surface area contributed by atoms with Crippen LogP contribution in [0.2, 0.25) is 0 Å². The highest BCUT2D eigenvalue weighted by atomic mass is 79.9. The van der Waals surface area contributed by atoms with Gasteiger partial charge >= 0.3 is 0 Å². The predicted octanol–water partition coefficient (Wildman–Crippen LogP) is 3.29. The van der Waals surface area contributed by atoms with Crippen LogP contribution >= 0.6 is 15.9 Å². The van der Waals surface area contributed by atoms with Gasteiger partial charge in [0.05, 0.1) is 4.47 Å². The van der Waals surface area contributed by atoms with Gasteiger partial charge in [0.25, 0.3) is 0 Å². The summed E-state index contributed by atoms with van der Waals surface area (Å²) in [6, 6.07) is 5.22. The zero-order chi connectivity index (χ0) is 11.2. The van der Waals surface area contributed by atoms with E-state index < -0.39 is 0 Å². The lowest BCUT2D eigenvalue weighted by molar-refractivity contribution is 0.557. The van der Waals surface area contributed by atoms with Crippen molar-refractivity contribution in [3.63, 3.8) is 0 Å². The summed E-state index contributed by atoms with van der Waals surface area (Å²) in [4.78, 5) is 0. The molecule has 0 saturated heterocycles. The Morgan fingerprint density at radius 2 is 2.13 bits per heavy atom. The standard InChI is InChI=1S/C12H15BrFN/c1-12(2)8(6-15)10(12)7-4-3-5-9(14)11(7)13/h3-5,8,10H,6,15H2,1-2H3/t8-,10-/m1/s1. The minimum Gasteiger partial charge on any atom is -0.330 e.